The molecule has 2 unspecified atom stereocenters. The topological polar surface area (TPSA) is 9.72 Å². The number of nitrogens with zero attached hydrogens (tertiary/aromatic N) is 3. The van der Waals surface area contributed by atoms with E-state index in [1.54, 1.807) is 0 Å². The van der Waals surface area contributed by atoms with Gasteiger partial charge in [-0.1, -0.05) is 200 Å². The molecular formula is C75H80BN3S. The van der Waals surface area contributed by atoms with Crippen LogP contribution in [0.15, 0.2) is 164 Å². The zero-order chi connectivity index (χ0) is 56.2. The molecule has 1 aromatic heterocycles. The quantitative estimate of drug-likeness (QED) is 0.154. The molecule has 2 atom stereocenters. The number of thiophene rings is 1. The van der Waals surface area contributed by atoms with Crippen LogP contribution < -0.4 is 30.4 Å². The van der Waals surface area contributed by atoms with Gasteiger partial charge in [0.15, 0.2) is 0 Å². The van der Waals surface area contributed by atoms with Gasteiger partial charge in [-0.3, -0.25) is 0 Å². The Morgan fingerprint density at radius 3 is 1.68 bits per heavy atom. The molecule has 8 aromatic carbocycles. The van der Waals surface area contributed by atoms with Crippen molar-refractivity contribution in [1.29, 1.82) is 0 Å². The van der Waals surface area contributed by atoms with Crippen molar-refractivity contribution in [3.63, 3.8) is 0 Å². The molecule has 3 nitrogen and oxygen atoms in total. The molecule has 0 radical (unpaired) electrons. The van der Waals surface area contributed by atoms with Crippen LogP contribution in [0.1, 0.15) is 156 Å². The second-order valence-corrected chi connectivity index (χ2v) is 29.7. The van der Waals surface area contributed by atoms with Crippen molar-refractivity contribution < 1.29 is 0 Å². The Hall–Kier alpha value is -6.82. The number of benzene rings is 8. The fraction of sp³-hybridized carbons (Fsp3) is 0.333. The maximum Gasteiger partial charge on any atom is 0.264 e. The summed E-state index contributed by atoms with van der Waals surface area (Å²) in [5.41, 5.74) is 25.8. The van der Waals surface area contributed by atoms with E-state index >= 15 is 0 Å². The van der Waals surface area contributed by atoms with Crippen molar-refractivity contribution in [2.24, 2.45) is 0 Å². The third-order valence-electron chi connectivity index (χ3n) is 19.4. The van der Waals surface area contributed by atoms with Gasteiger partial charge in [-0.15, -0.1) is 11.3 Å². The Kier molecular flexibility index (Phi) is 11.9. The van der Waals surface area contributed by atoms with Gasteiger partial charge in [0.1, 0.15) is 0 Å². The Bertz CT molecular complexity index is 3870. The summed E-state index contributed by atoms with van der Waals surface area (Å²) in [4.78, 5) is 8.25. The van der Waals surface area contributed by atoms with E-state index in [2.05, 4.69) is 282 Å². The predicted molar refractivity (Wildman–Crippen MR) is 349 cm³/mol. The normalized spacial score (nSPS) is 18.5. The molecular weight excluding hydrogens is 986 g/mol. The van der Waals surface area contributed by atoms with E-state index in [0.29, 0.717) is 0 Å². The Balaban J connectivity index is 1.21. The Labute approximate surface area is 482 Å². The molecule has 1 fully saturated rings. The van der Waals surface area contributed by atoms with Crippen LogP contribution in [0.25, 0.3) is 32.3 Å². The molecule has 5 heteroatoms. The van der Waals surface area contributed by atoms with Crippen LogP contribution in [0.3, 0.4) is 0 Å². The highest BCUT2D eigenvalue weighted by atomic mass is 32.1. The fourth-order valence-electron chi connectivity index (χ4n) is 14.4. The molecule has 0 saturated heterocycles. The molecule has 9 aromatic rings. The van der Waals surface area contributed by atoms with Crippen LogP contribution in [-0.2, 0) is 27.1 Å². The first kappa shape index (κ1) is 52.6. The van der Waals surface area contributed by atoms with Crippen LogP contribution in [0.5, 0.6) is 0 Å². The fourth-order valence-corrected chi connectivity index (χ4v) is 15.7. The number of anilines is 8. The highest BCUT2D eigenvalue weighted by molar-refractivity contribution is 7.33. The monoisotopic (exact) mass is 1070 g/mol. The van der Waals surface area contributed by atoms with Gasteiger partial charge < -0.3 is 14.7 Å². The lowest BCUT2D eigenvalue weighted by molar-refractivity contribution is 0.195. The molecule has 80 heavy (non-hydrogen) atoms. The van der Waals surface area contributed by atoms with Crippen molar-refractivity contribution in [3.05, 3.63) is 197 Å². The zero-order valence-corrected chi connectivity index (χ0v) is 51.1. The molecule has 4 aliphatic rings. The Morgan fingerprint density at radius 1 is 0.487 bits per heavy atom. The van der Waals surface area contributed by atoms with Crippen LogP contribution in [0.2, 0.25) is 0 Å². The summed E-state index contributed by atoms with van der Waals surface area (Å²) in [6.07, 6.45) is 4.70. The largest absolute Gasteiger partial charge is 0.335 e. The van der Waals surface area contributed by atoms with Gasteiger partial charge in [0, 0.05) is 54.3 Å². The maximum atomic E-state index is 2.93. The molecule has 13 rings (SSSR count). The number of hydrogen-bond donors (Lipinski definition) is 0. The molecule has 0 amide bonds. The maximum absolute atomic E-state index is 2.93. The van der Waals surface area contributed by atoms with Gasteiger partial charge in [-0.25, -0.2) is 0 Å². The van der Waals surface area contributed by atoms with Crippen molar-refractivity contribution in [1.82, 2.24) is 0 Å². The molecule has 0 bridgehead atoms. The molecule has 1 aliphatic carbocycles. The minimum atomic E-state index is -0.186. The lowest BCUT2D eigenvalue weighted by Crippen LogP contribution is -2.64. The molecule has 404 valence electrons. The predicted octanol–water partition coefficient (Wildman–Crippen LogP) is 19.6. The number of fused-ring (bicyclic) bond motifs is 9. The highest BCUT2D eigenvalue weighted by Gasteiger charge is 2.62. The number of aryl methyl sites for hydroxylation is 1. The van der Waals surface area contributed by atoms with E-state index in [1.807, 2.05) is 11.3 Å². The van der Waals surface area contributed by atoms with Crippen molar-refractivity contribution >= 4 is 89.3 Å². The first-order chi connectivity index (χ1) is 37.8. The van der Waals surface area contributed by atoms with Gasteiger partial charge in [0.25, 0.3) is 6.71 Å². The van der Waals surface area contributed by atoms with Gasteiger partial charge in [-0.05, 0) is 176 Å². The summed E-state index contributed by atoms with van der Waals surface area (Å²) < 4.78 is 2.75. The lowest BCUT2D eigenvalue weighted by Gasteiger charge is -2.52. The van der Waals surface area contributed by atoms with Crippen molar-refractivity contribution in [2.45, 2.75) is 162 Å². The molecule has 4 heterocycles. The SMILES string of the molecule is Cc1ccccc1-c1cc2c3c(c1)C1(C)CCCCC1(C)N3c1cc(N(c3ccc(C(C)(C)C)cc3)c3ccc(C(C)(C)C)cc3)cc3c1B2c1sc2ccc(C(C)(C)C)cc2c1N3c1ccc(C(C)(C)C)cc1-c1ccccc1. The molecule has 0 N–H and O–H groups in total. The van der Waals surface area contributed by atoms with Crippen molar-refractivity contribution in [2.75, 3.05) is 14.7 Å². The van der Waals surface area contributed by atoms with Crippen LogP contribution in [-0.4, -0.2) is 12.3 Å². The second kappa shape index (κ2) is 18.1. The van der Waals surface area contributed by atoms with Gasteiger partial charge in [0.2, 0.25) is 0 Å². The van der Waals surface area contributed by atoms with Gasteiger partial charge in [0.05, 0.1) is 22.6 Å². The summed E-state index contributed by atoms with van der Waals surface area (Å²) >= 11 is 2.03. The third-order valence-corrected chi connectivity index (χ3v) is 20.6. The number of rotatable bonds is 6. The first-order valence-corrected chi connectivity index (χ1v) is 30.5. The average Bonchev–Trinajstić information content (AvgIpc) is 3.21. The van der Waals surface area contributed by atoms with Crippen LogP contribution in [0, 0.1) is 6.92 Å². The summed E-state index contributed by atoms with van der Waals surface area (Å²) in [5.74, 6) is 0. The van der Waals surface area contributed by atoms with E-state index in [0.717, 1.165) is 29.9 Å². The molecule has 0 spiro atoms. The third kappa shape index (κ3) is 8.09. The minimum absolute atomic E-state index is 0.0120. The zero-order valence-electron chi connectivity index (χ0n) is 50.2. The van der Waals surface area contributed by atoms with E-state index in [9.17, 15) is 0 Å². The smallest absolute Gasteiger partial charge is 0.264 e. The van der Waals surface area contributed by atoms with Crippen molar-refractivity contribution in [3.8, 4) is 22.3 Å². The molecule has 3 aliphatic heterocycles. The van der Waals surface area contributed by atoms with Crippen LogP contribution >= 0.6 is 11.3 Å². The first-order valence-electron chi connectivity index (χ1n) is 29.7. The summed E-state index contributed by atoms with van der Waals surface area (Å²) in [5, 5.41) is 1.32. The standard InChI is InChI=1S/C75H80BN3S/c1-47-23-19-20-26-57(47)49-41-60-68-61(42-49)76-66-63(78(67-59-44-53(73(11,12)13)32-38-65(59)80-69(67)76)62-37-31-52(72(8,9)10)43-58(62)48-24-17-16-18-25-48)45-56(46-64(66)79(68)75(15)40-22-21-39-74(60,75)14)77(54-33-27-50(28-34-54)70(2,3)4)55-35-29-51(30-36-55)71(5,6)7/h16-20,23-38,41-46H,21-22,39-40H2,1-15H3. The lowest BCUT2D eigenvalue weighted by atomic mass is 9.36. The van der Waals surface area contributed by atoms with E-state index in [4.69, 9.17) is 0 Å². The van der Waals surface area contributed by atoms with E-state index in [-0.39, 0.29) is 39.3 Å². The van der Waals surface area contributed by atoms with Gasteiger partial charge >= 0.3 is 0 Å². The molecule has 1 saturated carbocycles. The van der Waals surface area contributed by atoms with E-state index < -0.39 is 0 Å². The minimum Gasteiger partial charge on any atom is -0.335 e. The number of hydrogen-bond acceptors (Lipinski definition) is 4. The van der Waals surface area contributed by atoms with E-state index in [1.165, 1.54) is 123 Å². The summed E-state index contributed by atoms with van der Waals surface area (Å²) in [6, 6.07) is 64.5. The average molecular weight is 1070 g/mol. The van der Waals surface area contributed by atoms with Crippen LogP contribution in [0.4, 0.5) is 45.5 Å². The summed E-state index contributed by atoms with van der Waals surface area (Å²) in [6.45, 7) is 35.6. The second-order valence-electron chi connectivity index (χ2n) is 28.6. The summed E-state index contributed by atoms with van der Waals surface area (Å²) in [7, 11) is 0. The highest BCUT2D eigenvalue weighted by Crippen LogP contribution is 2.63. The Morgan fingerprint density at radius 2 is 1.05 bits per heavy atom. The van der Waals surface area contributed by atoms with Gasteiger partial charge in [-0.2, -0.15) is 0 Å².